The van der Waals surface area contributed by atoms with Crippen molar-refractivity contribution in [1.82, 2.24) is 19.6 Å². The van der Waals surface area contributed by atoms with Crippen LogP contribution in [0.5, 0.6) is 0 Å². The van der Waals surface area contributed by atoms with Gasteiger partial charge in [-0.05, 0) is 41.0 Å². The van der Waals surface area contributed by atoms with Gasteiger partial charge in [0.05, 0.1) is 12.7 Å². The zero-order valence-electron chi connectivity index (χ0n) is 18.2. The van der Waals surface area contributed by atoms with Gasteiger partial charge < -0.3 is 19.3 Å². The molecule has 0 aliphatic carbocycles. The molecule has 0 aromatic heterocycles. The van der Waals surface area contributed by atoms with Crippen molar-refractivity contribution in [3.05, 3.63) is 12.4 Å². The van der Waals surface area contributed by atoms with Crippen LogP contribution in [0, 0.1) is 0 Å². The summed E-state index contributed by atoms with van der Waals surface area (Å²) in [5.41, 5.74) is -0.978. The third-order valence-corrected chi connectivity index (χ3v) is 6.22. The van der Waals surface area contributed by atoms with Crippen LogP contribution < -0.4 is 0 Å². The summed E-state index contributed by atoms with van der Waals surface area (Å²) in [6.07, 6.45) is 1.84. The highest BCUT2D eigenvalue weighted by atomic mass is 16.5. The minimum Gasteiger partial charge on any atom is -0.382 e. The number of likely N-dealkylation sites (N-methyl/N-ethyl adjacent to an activating group) is 3. The molecule has 2 heterocycles. The number of urea groups is 1. The minimum absolute atomic E-state index is 0.0305. The number of nitrogens with zero attached hydrogens (tertiary/aromatic N) is 4. The highest BCUT2D eigenvalue weighted by Gasteiger charge is 2.73. The summed E-state index contributed by atoms with van der Waals surface area (Å²) < 4.78 is 11.3. The topological polar surface area (TPSA) is 48.5 Å². The van der Waals surface area contributed by atoms with Gasteiger partial charge in [-0.25, -0.2) is 4.79 Å². The lowest BCUT2D eigenvalue weighted by Crippen LogP contribution is -2.66. The molecule has 27 heavy (non-hydrogen) atoms. The van der Waals surface area contributed by atoms with Crippen LogP contribution in [0.25, 0.3) is 0 Å². The second kappa shape index (κ2) is 8.27. The Morgan fingerprint density at radius 3 is 2.11 bits per heavy atom. The van der Waals surface area contributed by atoms with E-state index in [1.165, 1.54) is 0 Å². The van der Waals surface area contributed by atoms with E-state index in [4.69, 9.17) is 9.47 Å². The number of amides is 2. The van der Waals surface area contributed by atoms with Gasteiger partial charge in [-0.2, -0.15) is 0 Å². The fourth-order valence-electron chi connectivity index (χ4n) is 5.16. The number of fused-ring (bicyclic) bond motifs is 1. The summed E-state index contributed by atoms with van der Waals surface area (Å²) in [5.74, 6) is 0.919. The molecule has 2 saturated heterocycles. The van der Waals surface area contributed by atoms with Crippen molar-refractivity contribution >= 4 is 6.03 Å². The Morgan fingerprint density at radius 2 is 1.63 bits per heavy atom. The maximum atomic E-state index is 13.3. The van der Waals surface area contributed by atoms with Gasteiger partial charge in [-0.1, -0.05) is 19.9 Å². The first-order valence-corrected chi connectivity index (χ1v) is 10.3. The first-order valence-electron chi connectivity index (χ1n) is 10.3. The van der Waals surface area contributed by atoms with Crippen LogP contribution in [0.2, 0.25) is 0 Å². The molecule has 7 nitrogen and oxygen atoms in total. The molecule has 0 spiro atoms. The molecule has 3 unspecified atom stereocenters. The van der Waals surface area contributed by atoms with Crippen LogP contribution >= 0.6 is 0 Å². The Labute approximate surface area is 164 Å². The van der Waals surface area contributed by atoms with Crippen molar-refractivity contribution < 1.29 is 14.3 Å². The lowest BCUT2D eigenvalue weighted by atomic mass is 9.88. The fraction of sp³-hybridized carbons (Fsp3) is 0.850. The Hall–Kier alpha value is -1.47. The van der Waals surface area contributed by atoms with Gasteiger partial charge in [0.15, 0.2) is 11.3 Å². The third-order valence-electron chi connectivity index (χ3n) is 6.22. The maximum Gasteiger partial charge on any atom is 0.323 e. The fourth-order valence-corrected chi connectivity index (χ4v) is 5.16. The van der Waals surface area contributed by atoms with Crippen LogP contribution in [-0.4, -0.2) is 83.1 Å². The summed E-state index contributed by atoms with van der Waals surface area (Å²) >= 11 is 0. The molecule has 2 rings (SSSR count). The van der Waals surface area contributed by atoms with Crippen molar-refractivity contribution in [3.8, 4) is 0 Å². The third kappa shape index (κ3) is 2.90. The van der Waals surface area contributed by atoms with Crippen LogP contribution in [0.4, 0.5) is 4.79 Å². The number of hydrogen-bond donors (Lipinski definition) is 0. The standard InChI is InChI=1S/C20H38N4O3/c1-9-13-20-19(7,22(11-3)18(25)23(20)12-4)24(17(6)21(20)10-2)15-27-16(5)14-26-8/h16H,6,9-15H2,1-5,7-8H3. The summed E-state index contributed by atoms with van der Waals surface area (Å²) in [4.78, 5) is 21.8. The molecule has 7 heteroatoms. The monoisotopic (exact) mass is 382 g/mol. The van der Waals surface area contributed by atoms with E-state index in [9.17, 15) is 4.79 Å². The molecule has 2 fully saturated rings. The van der Waals surface area contributed by atoms with Crippen molar-refractivity contribution in [2.75, 3.05) is 40.1 Å². The highest BCUT2D eigenvalue weighted by Crippen LogP contribution is 2.55. The van der Waals surface area contributed by atoms with E-state index in [0.717, 1.165) is 25.2 Å². The van der Waals surface area contributed by atoms with Crippen molar-refractivity contribution in [3.63, 3.8) is 0 Å². The summed E-state index contributed by atoms with van der Waals surface area (Å²) in [7, 11) is 1.68. The number of ether oxygens (including phenoxy) is 2. The lowest BCUT2D eigenvalue weighted by molar-refractivity contribution is -0.105. The SMILES string of the molecule is C=C1N(COC(C)COC)C2(C)N(CC)C(=O)N(CC)C2(CCC)N1CC. The molecule has 0 bridgehead atoms. The highest BCUT2D eigenvalue weighted by molar-refractivity contribution is 5.80. The smallest absolute Gasteiger partial charge is 0.323 e. The summed E-state index contributed by atoms with van der Waals surface area (Å²) in [5, 5.41) is 0. The number of methoxy groups -OCH3 is 1. The van der Waals surface area contributed by atoms with Crippen LogP contribution in [0.15, 0.2) is 12.4 Å². The van der Waals surface area contributed by atoms with E-state index in [1.807, 2.05) is 23.6 Å². The zero-order chi connectivity index (χ0) is 20.4. The number of carbonyl (C=O) groups is 1. The van der Waals surface area contributed by atoms with E-state index in [2.05, 4.69) is 44.1 Å². The Kier molecular flexibility index (Phi) is 6.68. The van der Waals surface area contributed by atoms with Gasteiger partial charge in [0, 0.05) is 26.7 Å². The van der Waals surface area contributed by atoms with E-state index in [1.54, 1.807) is 7.11 Å². The molecule has 0 saturated carbocycles. The van der Waals surface area contributed by atoms with Gasteiger partial charge in [0.2, 0.25) is 0 Å². The van der Waals surface area contributed by atoms with Crippen molar-refractivity contribution in [1.29, 1.82) is 0 Å². The molecular formula is C20H38N4O3. The molecular weight excluding hydrogens is 344 g/mol. The van der Waals surface area contributed by atoms with Gasteiger partial charge in [0.25, 0.3) is 0 Å². The van der Waals surface area contributed by atoms with Crippen LogP contribution in [0.3, 0.4) is 0 Å². The van der Waals surface area contributed by atoms with Gasteiger partial charge in [-0.15, -0.1) is 0 Å². The minimum atomic E-state index is -0.537. The quantitative estimate of drug-likeness (QED) is 0.581. The first-order chi connectivity index (χ1) is 12.8. The predicted molar refractivity (Wildman–Crippen MR) is 107 cm³/mol. The number of hydrogen-bond acceptors (Lipinski definition) is 5. The van der Waals surface area contributed by atoms with Crippen molar-refractivity contribution in [2.24, 2.45) is 0 Å². The number of carbonyl (C=O) groups excluding carboxylic acids is 1. The second-order valence-corrected chi connectivity index (χ2v) is 7.51. The van der Waals surface area contributed by atoms with Crippen molar-refractivity contribution in [2.45, 2.75) is 71.8 Å². The zero-order valence-corrected chi connectivity index (χ0v) is 18.2. The van der Waals surface area contributed by atoms with E-state index in [-0.39, 0.29) is 12.1 Å². The summed E-state index contributed by atoms with van der Waals surface area (Å²) in [6, 6.07) is 0.0943. The van der Waals surface area contributed by atoms with Crippen LogP contribution in [0.1, 0.15) is 54.4 Å². The second-order valence-electron chi connectivity index (χ2n) is 7.51. The molecule has 3 atom stereocenters. The predicted octanol–water partition coefficient (Wildman–Crippen LogP) is 3.09. The molecule has 0 N–H and O–H groups in total. The Balaban J connectivity index is 2.54. The number of rotatable bonds is 10. The molecule has 0 aromatic carbocycles. The largest absolute Gasteiger partial charge is 0.382 e. The Morgan fingerprint density at radius 1 is 1.04 bits per heavy atom. The van der Waals surface area contributed by atoms with E-state index >= 15 is 0 Å². The Bertz CT molecular complexity index is 557. The normalized spacial score (nSPS) is 29.1. The van der Waals surface area contributed by atoms with E-state index < -0.39 is 11.3 Å². The summed E-state index contributed by atoms with van der Waals surface area (Å²) in [6.45, 7) is 20.0. The molecule has 0 aromatic rings. The average Bonchev–Trinajstić information content (AvgIpc) is 2.91. The van der Waals surface area contributed by atoms with Crippen LogP contribution in [-0.2, 0) is 9.47 Å². The van der Waals surface area contributed by atoms with Gasteiger partial charge in [0.1, 0.15) is 12.6 Å². The first kappa shape index (κ1) is 21.8. The molecule has 156 valence electrons. The lowest BCUT2D eigenvalue weighted by Gasteiger charge is -2.48. The molecule has 0 radical (unpaired) electrons. The molecule has 2 aliphatic heterocycles. The van der Waals surface area contributed by atoms with E-state index in [0.29, 0.717) is 26.4 Å². The molecule has 2 amide bonds. The van der Waals surface area contributed by atoms with Gasteiger partial charge >= 0.3 is 6.03 Å². The maximum absolute atomic E-state index is 13.3. The average molecular weight is 383 g/mol. The van der Waals surface area contributed by atoms with Gasteiger partial charge in [-0.3, -0.25) is 9.80 Å². The molecule has 2 aliphatic rings.